The first-order chi connectivity index (χ1) is 9.01. The van der Waals surface area contributed by atoms with Gasteiger partial charge in [0, 0.05) is 14.5 Å². The minimum atomic E-state index is -0.219. The lowest BCUT2D eigenvalue weighted by Crippen LogP contribution is -2.13. The van der Waals surface area contributed by atoms with E-state index >= 15 is 0 Å². The van der Waals surface area contributed by atoms with Crippen LogP contribution >= 0.6 is 31.9 Å². The fourth-order valence-electron chi connectivity index (χ4n) is 2.03. The van der Waals surface area contributed by atoms with E-state index in [0.717, 1.165) is 25.8 Å². The van der Waals surface area contributed by atoms with Crippen molar-refractivity contribution in [3.63, 3.8) is 0 Å². The van der Waals surface area contributed by atoms with Gasteiger partial charge < -0.3 is 10.5 Å². The number of ether oxygens (including phenoxy) is 1. The Morgan fingerprint density at radius 2 is 1.68 bits per heavy atom. The van der Waals surface area contributed by atoms with E-state index in [1.54, 1.807) is 7.11 Å². The van der Waals surface area contributed by atoms with Gasteiger partial charge in [-0.25, -0.2) is 0 Å². The van der Waals surface area contributed by atoms with E-state index in [4.69, 9.17) is 10.5 Å². The molecule has 0 aliphatic rings. The van der Waals surface area contributed by atoms with E-state index in [1.165, 1.54) is 5.56 Å². The van der Waals surface area contributed by atoms with Crippen molar-refractivity contribution >= 4 is 31.9 Å². The van der Waals surface area contributed by atoms with E-state index in [2.05, 4.69) is 37.9 Å². The largest absolute Gasteiger partial charge is 0.496 e. The summed E-state index contributed by atoms with van der Waals surface area (Å²) >= 11 is 6.97. The quantitative estimate of drug-likeness (QED) is 0.840. The van der Waals surface area contributed by atoms with Crippen molar-refractivity contribution < 1.29 is 4.74 Å². The van der Waals surface area contributed by atoms with Gasteiger partial charge in [-0.2, -0.15) is 0 Å². The van der Waals surface area contributed by atoms with Gasteiger partial charge in [0.2, 0.25) is 0 Å². The Morgan fingerprint density at radius 1 is 1.05 bits per heavy atom. The van der Waals surface area contributed by atoms with Gasteiger partial charge in [-0.3, -0.25) is 0 Å². The van der Waals surface area contributed by atoms with Crippen molar-refractivity contribution in [2.24, 2.45) is 5.73 Å². The molecule has 0 heterocycles. The third-order valence-corrected chi connectivity index (χ3v) is 3.88. The summed E-state index contributed by atoms with van der Waals surface area (Å²) in [5, 5.41) is 0. The van der Waals surface area contributed by atoms with Crippen LogP contribution in [0.5, 0.6) is 5.75 Å². The van der Waals surface area contributed by atoms with E-state index in [1.807, 2.05) is 37.3 Å². The molecule has 1 unspecified atom stereocenters. The van der Waals surface area contributed by atoms with Gasteiger partial charge in [-0.05, 0) is 36.8 Å². The lowest BCUT2D eigenvalue weighted by Gasteiger charge is -2.17. The third-order valence-electron chi connectivity index (χ3n) is 2.96. The first-order valence-electron chi connectivity index (χ1n) is 5.87. The molecule has 2 aromatic rings. The molecule has 0 bridgehead atoms. The molecule has 0 saturated carbocycles. The average Bonchev–Trinajstić information content (AvgIpc) is 2.36. The maximum Gasteiger partial charge on any atom is 0.123 e. The summed E-state index contributed by atoms with van der Waals surface area (Å²) in [5.74, 6) is 0.814. The summed E-state index contributed by atoms with van der Waals surface area (Å²) in [6.45, 7) is 2.05. The van der Waals surface area contributed by atoms with Crippen LogP contribution in [0.2, 0.25) is 0 Å². The van der Waals surface area contributed by atoms with Crippen molar-refractivity contribution in [1.29, 1.82) is 0 Å². The van der Waals surface area contributed by atoms with Crippen LogP contribution in [-0.4, -0.2) is 7.11 Å². The minimum Gasteiger partial charge on any atom is -0.496 e. The predicted octanol–water partition coefficient (Wildman–Crippen LogP) is 4.58. The zero-order chi connectivity index (χ0) is 14.0. The zero-order valence-corrected chi connectivity index (χ0v) is 14.0. The van der Waals surface area contributed by atoms with Crippen molar-refractivity contribution in [2.75, 3.05) is 7.11 Å². The minimum absolute atomic E-state index is 0.219. The molecule has 100 valence electrons. The van der Waals surface area contributed by atoms with Gasteiger partial charge in [-0.1, -0.05) is 49.6 Å². The van der Waals surface area contributed by atoms with Gasteiger partial charge in [0.25, 0.3) is 0 Å². The molecule has 0 radical (unpaired) electrons. The standard InChI is InChI=1S/C15H15Br2NO/c1-9-3-4-14(19-2)13(5-9)15(18)10-6-11(16)8-12(17)7-10/h3-8,15H,18H2,1-2H3. The Labute approximate surface area is 130 Å². The molecular formula is C15H15Br2NO. The van der Waals surface area contributed by atoms with Crippen molar-refractivity contribution in [3.8, 4) is 5.75 Å². The summed E-state index contributed by atoms with van der Waals surface area (Å²) in [4.78, 5) is 0. The molecule has 0 saturated heterocycles. The summed E-state index contributed by atoms with van der Waals surface area (Å²) in [6.07, 6.45) is 0. The first-order valence-corrected chi connectivity index (χ1v) is 7.46. The number of hydrogen-bond donors (Lipinski definition) is 1. The lowest BCUT2D eigenvalue weighted by atomic mass is 9.97. The number of benzene rings is 2. The van der Waals surface area contributed by atoms with Crippen molar-refractivity contribution in [1.82, 2.24) is 0 Å². The highest BCUT2D eigenvalue weighted by Gasteiger charge is 2.15. The maximum absolute atomic E-state index is 6.38. The summed E-state index contributed by atoms with van der Waals surface area (Å²) in [5.41, 5.74) is 9.57. The van der Waals surface area contributed by atoms with Crippen LogP contribution in [0.25, 0.3) is 0 Å². The molecule has 2 N–H and O–H groups in total. The Morgan fingerprint density at radius 3 is 2.26 bits per heavy atom. The number of halogens is 2. The average molecular weight is 385 g/mol. The maximum atomic E-state index is 6.38. The SMILES string of the molecule is COc1ccc(C)cc1C(N)c1cc(Br)cc(Br)c1. The normalized spacial score (nSPS) is 12.3. The number of methoxy groups -OCH3 is 1. The van der Waals surface area contributed by atoms with E-state index in [0.29, 0.717) is 0 Å². The molecule has 0 aliphatic carbocycles. The van der Waals surface area contributed by atoms with Crippen molar-refractivity contribution in [2.45, 2.75) is 13.0 Å². The second-order valence-electron chi connectivity index (χ2n) is 4.43. The predicted molar refractivity (Wildman–Crippen MR) is 85.6 cm³/mol. The van der Waals surface area contributed by atoms with Crippen LogP contribution in [0.1, 0.15) is 22.7 Å². The van der Waals surface area contributed by atoms with Gasteiger partial charge in [0.05, 0.1) is 13.2 Å². The van der Waals surface area contributed by atoms with Gasteiger partial charge in [-0.15, -0.1) is 0 Å². The van der Waals surface area contributed by atoms with Crippen molar-refractivity contribution in [3.05, 3.63) is 62.0 Å². The Bertz CT molecular complexity index is 578. The van der Waals surface area contributed by atoms with E-state index < -0.39 is 0 Å². The number of aryl methyl sites for hydroxylation is 1. The molecule has 0 aromatic heterocycles. The third kappa shape index (κ3) is 3.38. The molecule has 19 heavy (non-hydrogen) atoms. The molecular weight excluding hydrogens is 370 g/mol. The highest BCUT2D eigenvalue weighted by atomic mass is 79.9. The molecule has 0 fully saturated rings. The topological polar surface area (TPSA) is 35.2 Å². The van der Waals surface area contributed by atoms with Crippen LogP contribution in [0.15, 0.2) is 45.3 Å². The van der Waals surface area contributed by atoms with Crippen LogP contribution in [-0.2, 0) is 0 Å². The van der Waals surface area contributed by atoms with E-state index in [9.17, 15) is 0 Å². The second kappa shape index (κ2) is 6.07. The van der Waals surface area contributed by atoms with Gasteiger partial charge in [0.15, 0.2) is 0 Å². The lowest BCUT2D eigenvalue weighted by molar-refractivity contribution is 0.407. The molecule has 2 nitrogen and oxygen atoms in total. The number of hydrogen-bond acceptors (Lipinski definition) is 2. The van der Waals surface area contributed by atoms with Crippen LogP contribution in [0, 0.1) is 6.92 Å². The molecule has 0 amide bonds. The smallest absolute Gasteiger partial charge is 0.123 e. The second-order valence-corrected chi connectivity index (χ2v) is 6.26. The zero-order valence-electron chi connectivity index (χ0n) is 10.8. The highest BCUT2D eigenvalue weighted by Crippen LogP contribution is 2.32. The fourth-order valence-corrected chi connectivity index (χ4v) is 3.36. The Hall–Kier alpha value is -0.840. The molecule has 2 aromatic carbocycles. The van der Waals surface area contributed by atoms with Crippen LogP contribution in [0.4, 0.5) is 0 Å². The molecule has 4 heteroatoms. The van der Waals surface area contributed by atoms with Gasteiger partial charge >= 0.3 is 0 Å². The highest BCUT2D eigenvalue weighted by molar-refractivity contribution is 9.11. The fraction of sp³-hybridized carbons (Fsp3) is 0.200. The van der Waals surface area contributed by atoms with Gasteiger partial charge in [0.1, 0.15) is 5.75 Å². The van der Waals surface area contributed by atoms with E-state index in [-0.39, 0.29) is 6.04 Å². The van der Waals surface area contributed by atoms with Crippen LogP contribution < -0.4 is 10.5 Å². The molecule has 0 aliphatic heterocycles. The number of nitrogens with two attached hydrogens (primary N) is 1. The molecule has 1 atom stereocenters. The number of rotatable bonds is 3. The molecule has 0 spiro atoms. The first kappa shape index (κ1) is 14.6. The Kier molecular flexibility index (Phi) is 4.66. The summed E-state index contributed by atoms with van der Waals surface area (Å²) in [6, 6.07) is 11.9. The monoisotopic (exact) mass is 383 g/mol. The Balaban J connectivity index is 2.48. The summed E-state index contributed by atoms with van der Waals surface area (Å²) < 4.78 is 7.40. The molecule has 2 rings (SSSR count). The summed E-state index contributed by atoms with van der Waals surface area (Å²) in [7, 11) is 1.66. The van der Waals surface area contributed by atoms with Crippen LogP contribution in [0.3, 0.4) is 0 Å².